The Bertz CT molecular complexity index is 569. The van der Waals surface area contributed by atoms with Gasteiger partial charge in [0.15, 0.2) is 0 Å². The van der Waals surface area contributed by atoms with E-state index in [1.165, 1.54) is 12.1 Å². The predicted octanol–water partition coefficient (Wildman–Crippen LogP) is 2.73. The van der Waals surface area contributed by atoms with Crippen molar-refractivity contribution in [3.8, 4) is 0 Å². The highest BCUT2D eigenvalue weighted by molar-refractivity contribution is 5.48. The fraction of sp³-hybridized carbons (Fsp3) is 0.200. The van der Waals surface area contributed by atoms with Crippen LogP contribution in [0.15, 0.2) is 54.6 Å². The summed E-state index contributed by atoms with van der Waals surface area (Å²) in [7, 11) is 1.97. The van der Waals surface area contributed by atoms with Crippen LogP contribution in [0.4, 0.5) is 11.4 Å². The number of hydrogen-bond donors (Lipinski definition) is 1. The van der Waals surface area contributed by atoms with E-state index in [0.29, 0.717) is 6.54 Å². The van der Waals surface area contributed by atoms with Crippen molar-refractivity contribution in [3.05, 3.63) is 70.3 Å². The maximum absolute atomic E-state index is 10.7. The van der Waals surface area contributed by atoms with Crippen LogP contribution in [0, 0.1) is 10.1 Å². The number of nitro groups is 1. The van der Waals surface area contributed by atoms with Crippen LogP contribution in [0.2, 0.25) is 0 Å². The monoisotopic (exact) mass is 271 g/mol. The molecule has 104 valence electrons. The molecule has 2 N–H and O–H groups in total. The van der Waals surface area contributed by atoms with Crippen molar-refractivity contribution in [2.24, 2.45) is 5.73 Å². The van der Waals surface area contributed by atoms with E-state index in [0.717, 1.165) is 11.3 Å². The topological polar surface area (TPSA) is 72.4 Å². The van der Waals surface area contributed by atoms with Crippen LogP contribution in [0.1, 0.15) is 11.6 Å². The fourth-order valence-corrected chi connectivity index (χ4v) is 2.18. The van der Waals surface area contributed by atoms with Gasteiger partial charge in [-0.3, -0.25) is 10.1 Å². The Morgan fingerprint density at radius 3 is 2.25 bits per heavy atom. The summed E-state index contributed by atoms with van der Waals surface area (Å²) < 4.78 is 0. The van der Waals surface area contributed by atoms with Crippen molar-refractivity contribution < 1.29 is 4.92 Å². The summed E-state index contributed by atoms with van der Waals surface area (Å²) in [4.78, 5) is 12.3. The van der Waals surface area contributed by atoms with E-state index in [1.54, 1.807) is 12.1 Å². The van der Waals surface area contributed by atoms with E-state index in [-0.39, 0.29) is 11.7 Å². The summed E-state index contributed by atoms with van der Waals surface area (Å²) in [6.45, 7) is 0.434. The molecular weight excluding hydrogens is 254 g/mol. The quantitative estimate of drug-likeness (QED) is 0.670. The number of hydrogen-bond acceptors (Lipinski definition) is 4. The summed E-state index contributed by atoms with van der Waals surface area (Å²) in [6.07, 6.45) is 0. The standard InChI is InChI=1S/C15H17N3O2/c1-17(13-5-3-2-4-6-13)15(11-16)12-7-9-14(10-8-12)18(19)20/h2-10,15H,11,16H2,1H3. The van der Waals surface area contributed by atoms with E-state index >= 15 is 0 Å². The molecule has 5 nitrogen and oxygen atoms in total. The minimum atomic E-state index is -0.401. The first-order valence-electron chi connectivity index (χ1n) is 6.35. The fourth-order valence-electron chi connectivity index (χ4n) is 2.18. The highest BCUT2D eigenvalue weighted by Gasteiger charge is 2.17. The Balaban J connectivity index is 2.25. The molecule has 0 radical (unpaired) electrons. The lowest BCUT2D eigenvalue weighted by atomic mass is 10.0. The molecule has 0 fully saturated rings. The molecule has 0 aliphatic heterocycles. The van der Waals surface area contributed by atoms with E-state index in [9.17, 15) is 10.1 Å². The molecule has 0 heterocycles. The van der Waals surface area contributed by atoms with Crippen molar-refractivity contribution in [1.29, 1.82) is 0 Å². The first-order valence-corrected chi connectivity index (χ1v) is 6.35. The van der Waals surface area contributed by atoms with E-state index in [1.807, 2.05) is 37.4 Å². The third-order valence-corrected chi connectivity index (χ3v) is 3.34. The van der Waals surface area contributed by atoms with Gasteiger partial charge in [0.1, 0.15) is 0 Å². The largest absolute Gasteiger partial charge is 0.366 e. The van der Waals surface area contributed by atoms with E-state index < -0.39 is 4.92 Å². The minimum Gasteiger partial charge on any atom is -0.366 e. The molecule has 2 rings (SSSR count). The highest BCUT2D eigenvalue weighted by Crippen LogP contribution is 2.25. The number of rotatable bonds is 5. The van der Waals surface area contributed by atoms with Crippen molar-refractivity contribution in [2.45, 2.75) is 6.04 Å². The molecule has 2 aromatic carbocycles. The lowest BCUT2D eigenvalue weighted by Gasteiger charge is -2.29. The second kappa shape index (κ2) is 6.16. The Morgan fingerprint density at radius 1 is 1.15 bits per heavy atom. The number of nitrogens with zero attached hydrogens (tertiary/aromatic N) is 2. The van der Waals surface area contributed by atoms with Crippen LogP contribution in [0.25, 0.3) is 0 Å². The summed E-state index contributed by atoms with van der Waals surface area (Å²) in [6, 6.07) is 16.4. The second-order valence-electron chi connectivity index (χ2n) is 4.55. The van der Waals surface area contributed by atoms with Gasteiger partial charge >= 0.3 is 0 Å². The average molecular weight is 271 g/mol. The Labute approximate surface area is 117 Å². The normalized spacial score (nSPS) is 11.9. The van der Waals surface area contributed by atoms with Gasteiger partial charge < -0.3 is 10.6 Å². The van der Waals surface area contributed by atoms with E-state index in [2.05, 4.69) is 4.90 Å². The van der Waals surface area contributed by atoms with Crippen LogP contribution in [0.5, 0.6) is 0 Å². The third kappa shape index (κ3) is 2.95. The Kier molecular flexibility index (Phi) is 4.32. The number of non-ortho nitro benzene ring substituents is 1. The number of anilines is 1. The van der Waals surface area contributed by atoms with Crippen LogP contribution >= 0.6 is 0 Å². The van der Waals surface area contributed by atoms with Crippen molar-refractivity contribution in [1.82, 2.24) is 0 Å². The molecule has 0 saturated carbocycles. The molecule has 0 aliphatic rings. The highest BCUT2D eigenvalue weighted by atomic mass is 16.6. The van der Waals surface area contributed by atoms with Gasteiger partial charge in [-0.15, -0.1) is 0 Å². The second-order valence-corrected chi connectivity index (χ2v) is 4.55. The van der Waals surface area contributed by atoms with Gasteiger partial charge in [-0.2, -0.15) is 0 Å². The zero-order valence-electron chi connectivity index (χ0n) is 11.3. The third-order valence-electron chi connectivity index (χ3n) is 3.34. The first kappa shape index (κ1) is 14.0. The van der Waals surface area contributed by atoms with Gasteiger partial charge in [0.25, 0.3) is 5.69 Å². The van der Waals surface area contributed by atoms with Gasteiger partial charge in [-0.25, -0.2) is 0 Å². The molecule has 0 amide bonds. The molecule has 1 unspecified atom stereocenters. The van der Waals surface area contributed by atoms with Gasteiger partial charge in [0, 0.05) is 31.4 Å². The molecular formula is C15H17N3O2. The summed E-state index contributed by atoms with van der Waals surface area (Å²) in [5.41, 5.74) is 7.97. The molecule has 0 spiro atoms. The van der Waals surface area contributed by atoms with Gasteiger partial charge in [0.05, 0.1) is 11.0 Å². The number of likely N-dealkylation sites (N-methyl/N-ethyl adjacent to an activating group) is 1. The van der Waals surface area contributed by atoms with Crippen molar-refractivity contribution in [3.63, 3.8) is 0 Å². The molecule has 0 aromatic heterocycles. The Morgan fingerprint density at radius 2 is 1.75 bits per heavy atom. The maximum Gasteiger partial charge on any atom is 0.269 e. The van der Waals surface area contributed by atoms with Gasteiger partial charge in [-0.05, 0) is 17.7 Å². The predicted molar refractivity (Wildman–Crippen MR) is 79.7 cm³/mol. The van der Waals surface area contributed by atoms with Gasteiger partial charge in [-0.1, -0.05) is 30.3 Å². The Hall–Kier alpha value is -2.40. The van der Waals surface area contributed by atoms with Crippen LogP contribution < -0.4 is 10.6 Å². The van der Waals surface area contributed by atoms with Crippen molar-refractivity contribution >= 4 is 11.4 Å². The summed E-state index contributed by atoms with van der Waals surface area (Å²) >= 11 is 0. The molecule has 1 atom stereocenters. The van der Waals surface area contributed by atoms with Crippen molar-refractivity contribution in [2.75, 3.05) is 18.5 Å². The lowest BCUT2D eigenvalue weighted by Crippen LogP contribution is -2.30. The van der Waals surface area contributed by atoms with Crippen LogP contribution in [-0.4, -0.2) is 18.5 Å². The zero-order chi connectivity index (χ0) is 14.5. The number of nitrogens with two attached hydrogens (primary N) is 1. The average Bonchev–Trinajstić information content (AvgIpc) is 2.49. The van der Waals surface area contributed by atoms with E-state index in [4.69, 9.17) is 5.73 Å². The molecule has 2 aromatic rings. The number of nitro benzene ring substituents is 1. The molecule has 5 heteroatoms. The molecule has 0 aliphatic carbocycles. The van der Waals surface area contributed by atoms with Crippen LogP contribution in [-0.2, 0) is 0 Å². The zero-order valence-corrected chi connectivity index (χ0v) is 11.3. The molecule has 0 bridgehead atoms. The number of para-hydroxylation sites is 1. The van der Waals surface area contributed by atoms with Gasteiger partial charge in [0.2, 0.25) is 0 Å². The maximum atomic E-state index is 10.7. The summed E-state index contributed by atoms with van der Waals surface area (Å²) in [5, 5.41) is 10.7. The minimum absolute atomic E-state index is 0.0156. The summed E-state index contributed by atoms with van der Waals surface area (Å²) in [5.74, 6) is 0. The number of benzene rings is 2. The first-order chi connectivity index (χ1) is 9.63. The molecule has 0 saturated heterocycles. The smallest absolute Gasteiger partial charge is 0.269 e. The van der Waals surface area contributed by atoms with Crippen LogP contribution in [0.3, 0.4) is 0 Å². The molecule has 20 heavy (non-hydrogen) atoms. The SMILES string of the molecule is CN(c1ccccc1)C(CN)c1ccc([N+](=O)[O-])cc1. The lowest BCUT2D eigenvalue weighted by molar-refractivity contribution is -0.384.